The van der Waals surface area contributed by atoms with Crippen molar-refractivity contribution < 1.29 is 19.6 Å². The molecule has 2 aromatic rings. The van der Waals surface area contributed by atoms with Gasteiger partial charge in [0, 0.05) is 16.8 Å². The highest BCUT2D eigenvalue weighted by molar-refractivity contribution is 6.30. The number of methoxy groups -OCH3 is 1. The minimum atomic E-state index is -0.797. The van der Waals surface area contributed by atoms with E-state index in [9.17, 15) is 25.3 Å². The van der Waals surface area contributed by atoms with Crippen molar-refractivity contribution in [3.8, 4) is 17.6 Å². The Labute approximate surface area is 153 Å². The number of nitrogens with zero attached hydrogens (tertiary/aromatic N) is 2. The second kappa shape index (κ2) is 8.00. The van der Waals surface area contributed by atoms with Crippen LogP contribution in [0.3, 0.4) is 0 Å². The number of hydrogen-bond acceptors (Lipinski definition) is 6. The Hall–Kier alpha value is -3.57. The number of carbonyl (C=O) groups is 1. The lowest BCUT2D eigenvalue weighted by atomic mass is 10.1. The van der Waals surface area contributed by atoms with Crippen LogP contribution in [0.2, 0.25) is 5.02 Å². The van der Waals surface area contributed by atoms with E-state index < -0.39 is 22.3 Å². The average Bonchev–Trinajstić information content (AvgIpc) is 2.62. The second-order valence-corrected chi connectivity index (χ2v) is 5.42. The van der Waals surface area contributed by atoms with Crippen molar-refractivity contribution in [3.63, 3.8) is 0 Å². The van der Waals surface area contributed by atoms with Crippen LogP contribution in [0.1, 0.15) is 5.56 Å². The van der Waals surface area contributed by atoms with Gasteiger partial charge in [-0.1, -0.05) is 11.6 Å². The molecule has 0 heterocycles. The number of carbonyl (C=O) groups excluding carboxylic acids is 1. The van der Waals surface area contributed by atoms with E-state index in [0.29, 0.717) is 10.7 Å². The number of halogens is 1. The topological polar surface area (TPSA) is 125 Å². The zero-order valence-electron chi connectivity index (χ0n) is 13.4. The van der Waals surface area contributed by atoms with E-state index in [1.54, 1.807) is 30.3 Å². The molecule has 0 aliphatic rings. The summed E-state index contributed by atoms with van der Waals surface area (Å²) in [6.07, 6.45) is 1.15. The molecule has 0 radical (unpaired) electrons. The fraction of sp³-hybridized carbons (Fsp3) is 0.0588. The molecule has 0 saturated heterocycles. The van der Waals surface area contributed by atoms with Crippen molar-refractivity contribution in [2.24, 2.45) is 0 Å². The molecule has 9 heteroatoms. The Morgan fingerprint density at radius 1 is 1.38 bits per heavy atom. The number of hydrogen-bond donors (Lipinski definition) is 2. The van der Waals surface area contributed by atoms with Crippen LogP contribution in [0.5, 0.6) is 11.5 Å². The van der Waals surface area contributed by atoms with Gasteiger partial charge in [0.2, 0.25) is 5.75 Å². The number of amides is 1. The lowest BCUT2D eigenvalue weighted by Gasteiger charge is -2.07. The Bertz CT molecular complexity index is 933. The molecule has 0 spiro atoms. The first-order valence-corrected chi connectivity index (χ1v) is 7.47. The van der Waals surface area contributed by atoms with Crippen LogP contribution >= 0.6 is 11.6 Å². The monoisotopic (exact) mass is 373 g/mol. The predicted octanol–water partition coefficient (Wildman–Crippen LogP) is 3.51. The Morgan fingerprint density at radius 2 is 2.04 bits per heavy atom. The Morgan fingerprint density at radius 3 is 2.58 bits per heavy atom. The number of nitriles is 1. The van der Waals surface area contributed by atoms with Crippen LogP contribution in [0.4, 0.5) is 11.4 Å². The normalized spacial score (nSPS) is 10.7. The molecule has 0 aliphatic heterocycles. The number of aromatic hydroxyl groups is 1. The second-order valence-electron chi connectivity index (χ2n) is 4.98. The van der Waals surface area contributed by atoms with Gasteiger partial charge in [0.05, 0.1) is 12.0 Å². The summed E-state index contributed by atoms with van der Waals surface area (Å²) in [5.74, 6) is -1.50. The van der Waals surface area contributed by atoms with Crippen LogP contribution < -0.4 is 10.1 Å². The first kappa shape index (κ1) is 18.8. The molecule has 1 amide bonds. The molecule has 0 atom stereocenters. The lowest BCUT2D eigenvalue weighted by molar-refractivity contribution is -0.386. The van der Waals surface area contributed by atoms with Gasteiger partial charge >= 0.3 is 5.69 Å². The van der Waals surface area contributed by atoms with Gasteiger partial charge in [-0.25, -0.2) is 0 Å². The van der Waals surface area contributed by atoms with Gasteiger partial charge in [-0.2, -0.15) is 5.26 Å². The summed E-state index contributed by atoms with van der Waals surface area (Å²) in [6, 6.07) is 10.3. The zero-order valence-corrected chi connectivity index (χ0v) is 14.1. The number of benzene rings is 2. The first-order chi connectivity index (χ1) is 12.3. The molecule has 8 nitrogen and oxygen atoms in total. The van der Waals surface area contributed by atoms with Gasteiger partial charge < -0.3 is 15.2 Å². The molecule has 132 valence electrons. The summed E-state index contributed by atoms with van der Waals surface area (Å²) >= 11 is 5.76. The fourth-order valence-corrected chi connectivity index (χ4v) is 2.16. The minimum Gasteiger partial charge on any atom is -0.500 e. The fourth-order valence-electron chi connectivity index (χ4n) is 2.04. The van der Waals surface area contributed by atoms with E-state index >= 15 is 0 Å². The molecule has 0 saturated carbocycles. The van der Waals surface area contributed by atoms with Gasteiger partial charge in [0.25, 0.3) is 5.91 Å². The van der Waals surface area contributed by atoms with Gasteiger partial charge in [-0.15, -0.1) is 0 Å². The van der Waals surface area contributed by atoms with Crippen molar-refractivity contribution in [2.45, 2.75) is 0 Å². The number of anilines is 1. The van der Waals surface area contributed by atoms with E-state index in [1.165, 1.54) is 13.2 Å². The Kier molecular flexibility index (Phi) is 5.78. The van der Waals surface area contributed by atoms with Crippen LogP contribution in [0.25, 0.3) is 6.08 Å². The molecule has 26 heavy (non-hydrogen) atoms. The van der Waals surface area contributed by atoms with Gasteiger partial charge in [0.15, 0.2) is 5.75 Å². The average molecular weight is 374 g/mol. The van der Waals surface area contributed by atoms with E-state index in [1.807, 2.05) is 0 Å². The molecule has 0 fully saturated rings. The highest BCUT2D eigenvalue weighted by Crippen LogP contribution is 2.37. The van der Waals surface area contributed by atoms with Gasteiger partial charge in [-0.05, 0) is 42.0 Å². The van der Waals surface area contributed by atoms with Crippen molar-refractivity contribution >= 4 is 35.0 Å². The van der Waals surface area contributed by atoms with Crippen LogP contribution in [0.15, 0.2) is 42.0 Å². The largest absolute Gasteiger partial charge is 0.500 e. The molecule has 0 aliphatic carbocycles. The molecule has 0 unspecified atom stereocenters. The standard InChI is InChI=1S/C17H12ClN3O5/c1-26-15-8-10(7-14(16(15)22)21(24)25)6-11(9-19)17(23)20-13-4-2-12(18)3-5-13/h2-8,22H,1H3,(H,20,23)/b11-6-. The Balaban J connectivity index is 2.37. The van der Waals surface area contributed by atoms with Crippen LogP contribution in [-0.2, 0) is 4.79 Å². The summed E-state index contributed by atoms with van der Waals surface area (Å²) in [7, 11) is 1.23. The third-order valence-corrected chi connectivity index (χ3v) is 3.52. The number of rotatable bonds is 5. The number of nitrogens with one attached hydrogen (secondary N) is 1. The highest BCUT2D eigenvalue weighted by atomic mass is 35.5. The quantitative estimate of drug-likeness (QED) is 0.357. The first-order valence-electron chi connectivity index (χ1n) is 7.09. The van der Waals surface area contributed by atoms with Crippen molar-refractivity contribution in [2.75, 3.05) is 12.4 Å². The predicted molar refractivity (Wildman–Crippen MR) is 95.0 cm³/mol. The molecular formula is C17H12ClN3O5. The van der Waals surface area contributed by atoms with Crippen LogP contribution in [-0.4, -0.2) is 23.0 Å². The number of nitro groups is 1. The summed E-state index contributed by atoms with van der Waals surface area (Å²) < 4.78 is 4.88. The lowest BCUT2D eigenvalue weighted by Crippen LogP contribution is -2.13. The highest BCUT2D eigenvalue weighted by Gasteiger charge is 2.20. The number of nitro benzene ring substituents is 1. The molecule has 0 bridgehead atoms. The smallest absolute Gasteiger partial charge is 0.315 e. The van der Waals surface area contributed by atoms with Crippen molar-refractivity contribution in [1.82, 2.24) is 0 Å². The molecule has 0 aromatic heterocycles. The third kappa shape index (κ3) is 4.28. The molecule has 2 rings (SSSR count). The number of phenols is 1. The molecule has 2 N–H and O–H groups in total. The SMILES string of the molecule is COc1cc(/C=C(/C#N)C(=O)Nc2ccc(Cl)cc2)cc([N+](=O)[O-])c1O. The maximum atomic E-state index is 12.2. The van der Waals surface area contributed by atoms with Gasteiger partial charge in [0.1, 0.15) is 11.6 Å². The van der Waals surface area contributed by atoms with E-state index in [2.05, 4.69) is 5.32 Å². The van der Waals surface area contributed by atoms with Crippen molar-refractivity contribution in [3.05, 3.63) is 62.7 Å². The van der Waals surface area contributed by atoms with E-state index in [-0.39, 0.29) is 16.9 Å². The maximum absolute atomic E-state index is 12.2. The van der Waals surface area contributed by atoms with Gasteiger partial charge in [-0.3, -0.25) is 14.9 Å². The number of phenolic OH excluding ortho intramolecular Hbond substituents is 1. The molecular weight excluding hydrogens is 362 g/mol. The summed E-state index contributed by atoms with van der Waals surface area (Å²) in [4.78, 5) is 22.4. The number of ether oxygens (including phenoxy) is 1. The van der Waals surface area contributed by atoms with Crippen molar-refractivity contribution in [1.29, 1.82) is 5.26 Å². The summed E-state index contributed by atoms with van der Waals surface area (Å²) in [5, 5.41) is 33.0. The zero-order chi connectivity index (χ0) is 19.3. The van der Waals surface area contributed by atoms with E-state index in [0.717, 1.165) is 12.1 Å². The minimum absolute atomic E-state index is 0.147. The van der Waals surface area contributed by atoms with Crippen LogP contribution in [0, 0.1) is 21.4 Å². The third-order valence-electron chi connectivity index (χ3n) is 3.27. The summed E-state index contributed by atoms with van der Waals surface area (Å²) in [5.41, 5.74) is -0.322. The summed E-state index contributed by atoms with van der Waals surface area (Å²) in [6.45, 7) is 0. The molecule has 2 aromatic carbocycles. The maximum Gasteiger partial charge on any atom is 0.315 e. The van der Waals surface area contributed by atoms with E-state index in [4.69, 9.17) is 16.3 Å².